The molecule has 0 saturated carbocycles. The second-order valence-electron chi connectivity index (χ2n) is 5.32. The number of methoxy groups -OCH3 is 1. The largest absolute Gasteiger partial charge is 0.496 e. The number of rotatable bonds is 5. The van der Waals surface area contributed by atoms with Crippen molar-refractivity contribution in [2.45, 2.75) is 19.3 Å². The second kappa shape index (κ2) is 6.45. The molecule has 0 amide bonds. The molecule has 1 heteroatoms. The smallest absolute Gasteiger partial charge is 0.129 e. The van der Waals surface area contributed by atoms with Gasteiger partial charge in [0.05, 0.1) is 7.11 Å². The third kappa shape index (κ3) is 3.08. The van der Waals surface area contributed by atoms with E-state index < -0.39 is 0 Å². The Labute approximate surface area is 126 Å². The van der Waals surface area contributed by atoms with E-state index in [1.54, 1.807) is 7.11 Å². The maximum atomic E-state index is 5.71. The third-order valence-electron chi connectivity index (χ3n) is 3.95. The topological polar surface area (TPSA) is 9.23 Å². The lowest BCUT2D eigenvalue weighted by molar-refractivity contribution is 0.411. The van der Waals surface area contributed by atoms with Crippen LogP contribution in [-0.4, -0.2) is 7.11 Å². The van der Waals surface area contributed by atoms with Crippen LogP contribution in [-0.2, 0) is 6.42 Å². The molecule has 1 aliphatic carbocycles. The predicted octanol–water partition coefficient (Wildman–Crippen LogP) is 5.18. The highest BCUT2D eigenvalue weighted by atomic mass is 16.5. The van der Waals surface area contributed by atoms with Crippen LogP contribution in [0.25, 0.3) is 11.1 Å². The summed E-state index contributed by atoms with van der Waals surface area (Å²) in [6.07, 6.45) is 9.81. The molecule has 21 heavy (non-hydrogen) atoms. The highest BCUT2D eigenvalue weighted by molar-refractivity contribution is 5.72. The van der Waals surface area contributed by atoms with Gasteiger partial charge < -0.3 is 4.74 Å². The monoisotopic (exact) mass is 276 g/mol. The number of benzene rings is 2. The van der Waals surface area contributed by atoms with Gasteiger partial charge in [0.1, 0.15) is 5.75 Å². The maximum Gasteiger partial charge on any atom is 0.129 e. The van der Waals surface area contributed by atoms with Crippen molar-refractivity contribution in [3.8, 4) is 16.9 Å². The zero-order valence-electron chi connectivity index (χ0n) is 12.4. The van der Waals surface area contributed by atoms with E-state index in [1.807, 2.05) is 6.07 Å². The van der Waals surface area contributed by atoms with E-state index in [0.717, 1.165) is 25.0 Å². The fourth-order valence-corrected chi connectivity index (χ4v) is 2.84. The summed E-state index contributed by atoms with van der Waals surface area (Å²) < 4.78 is 5.71. The van der Waals surface area contributed by atoms with Gasteiger partial charge in [-0.15, -0.1) is 0 Å². The Hall–Kier alpha value is -2.28. The lowest BCUT2D eigenvalue weighted by Gasteiger charge is -2.14. The van der Waals surface area contributed by atoms with Crippen LogP contribution in [0.3, 0.4) is 0 Å². The van der Waals surface area contributed by atoms with Crippen molar-refractivity contribution in [3.63, 3.8) is 0 Å². The van der Waals surface area contributed by atoms with Gasteiger partial charge in [0, 0.05) is 5.56 Å². The number of allylic oxidation sites excluding steroid dienone is 4. The number of aryl methyl sites for hydroxylation is 1. The summed E-state index contributed by atoms with van der Waals surface area (Å²) in [7, 11) is 1.77. The minimum Gasteiger partial charge on any atom is -0.496 e. The highest BCUT2D eigenvalue weighted by Crippen LogP contribution is 2.34. The molecule has 0 fully saturated rings. The van der Waals surface area contributed by atoms with Gasteiger partial charge in [-0.25, -0.2) is 0 Å². The molecule has 0 heterocycles. The Kier molecular flexibility index (Phi) is 4.20. The number of hydrogen-bond acceptors (Lipinski definition) is 1. The van der Waals surface area contributed by atoms with E-state index in [-0.39, 0.29) is 0 Å². The minimum absolute atomic E-state index is 1.01. The van der Waals surface area contributed by atoms with Gasteiger partial charge in [-0.3, -0.25) is 0 Å². The molecule has 0 N–H and O–H groups in total. The molecule has 2 aromatic rings. The van der Waals surface area contributed by atoms with Crippen LogP contribution in [0.15, 0.2) is 72.3 Å². The van der Waals surface area contributed by atoms with Gasteiger partial charge in [-0.2, -0.15) is 0 Å². The molecule has 0 unspecified atom stereocenters. The highest BCUT2D eigenvalue weighted by Gasteiger charge is 2.11. The first-order valence-electron chi connectivity index (χ1n) is 7.44. The van der Waals surface area contributed by atoms with E-state index in [1.165, 1.54) is 22.3 Å². The van der Waals surface area contributed by atoms with Crippen LogP contribution < -0.4 is 4.74 Å². The molecule has 0 saturated heterocycles. The molecule has 3 rings (SSSR count). The van der Waals surface area contributed by atoms with Crippen LogP contribution >= 0.6 is 0 Å². The van der Waals surface area contributed by atoms with E-state index >= 15 is 0 Å². The van der Waals surface area contributed by atoms with E-state index in [2.05, 4.69) is 60.7 Å². The first kappa shape index (κ1) is 13.7. The van der Waals surface area contributed by atoms with Crippen LogP contribution in [0.2, 0.25) is 0 Å². The average molecular weight is 276 g/mol. The van der Waals surface area contributed by atoms with Crippen LogP contribution in [0.4, 0.5) is 0 Å². The molecule has 106 valence electrons. The quantitative estimate of drug-likeness (QED) is 0.731. The Bertz CT molecular complexity index is 665. The zero-order valence-corrected chi connectivity index (χ0v) is 12.4. The van der Waals surface area contributed by atoms with Gasteiger partial charge in [0.15, 0.2) is 0 Å². The lowest BCUT2D eigenvalue weighted by atomic mass is 9.97. The number of para-hydroxylation sites is 1. The van der Waals surface area contributed by atoms with Crippen molar-refractivity contribution >= 4 is 0 Å². The van der Waals surface area contributed by atoms with E-state index in [0.29, 0.717) is 0 Å². The summed E-state index contributed by atoms with van der Waals surface area (Å²) in [5, 5.41) is 0. The van der Waals surface area contributed by atoms with E-state index in [4.69, 9.17) is 4.74 Å². The van der Waals surface area contributed by atoms with Gasteiger partial charge in [-0.05, 0) is 30.4 Å². The van der Waals surface area contributed by atoms with Crippen molar-refractivity contribution in [1.29, 1.82) is 0 Å². The Morgan fingerprint density at radius 2 is 1.81 bits per heavy atom. The van der Waals surface area contributed by atoms with Crippen molar-refractivity contribution in [2.75, 3.05) is 7.11 Å². The van der Waals surface area contributed by atoms with Gasteiger partial charge in [0.25, 0.3) is 0 Å². The van der Waals surface area contributed by atoms with Crippen molar-refractivity contribution in [2.24, 2.45) is 0 Å². The summed E-state index contributed by atoms with van der Waals surface area (Å²) in [6.45, 7) is 0. The lowest BCUT2D eigenvalue weighted by Crippen LogP contribution is -1.96. The summed E-state index contributed by atoms with van der Waals surface area (Å²) in [6, 6.07) is 16.9. The zero-order chi connectivity index (χ0) is 14.5. The first-order valence-corrected chi connectivity index (χ1v) is 7.44. The first-order chi connectivity index (χ1) is 10.4. The summed E-state index contributed by atoms with van der Waals surface area (Å²) in [4.78, 5) is 0. The summed E-state index contributed by atoms with van der Waals surface area (Å²) in [5.74, 6) is 1.01. The number of hydrogen-bond donors (Lipinski definition) is 0. The SMILES string of the molecule is COc1c(CCC2=CC=CC2)cccc1-c1ccccc1. The average Bonchev–Trinajstić information content (AvgIpc) is 3.06. The molecule has 0 aliphatic heterocycles. The summed E-state index contributed by atoms with van der Waals surface area (Å²) >= 11 is 0. The maximum absolute atomic E-state index is 5.71. The van der Waals surface area contributed by atoms with Crippen molar-refractivity contribution in [3.05, 3.63) is 77.9 Å². The van der Waals surface area contributed by atoms with Crippen LogP contribution in [0.1, 0.15) is 18.4 Å². The van der Waals surface area contributed by atoms with Crippen molar-refractivity contribution < 1.29 is 4.74 Å². The predicted molar refractivity (Wildman–Crippen MR) is 88.6 cm³/mol. The van der Waals surface area contributed by atoms with Gasteiger partial charge >= 0.3 is 0 Å². The Balaban J connectivity index is 1.87. The molecule has 0 spiro atoms. The minimum atomic E-state index is 1.01. The van der Waals surface area contributed by atoms with Gasteiger partial charge in [0.2, 0.25) is 0 Å². The molecular weight excluding hydrogens is 256 g/mol. The molecule has 0 aromatic heterocycles. The van der Waals surface area contributed by atoms with Crippen molar-refractivity contribution in [1.82, 2.24) is 0 Å². The fourth-order valence-electron chi connectivity index (χ4n) is 2.84. The van der Waals surface area contributed by atoms with Crippen LogP contribution in [0, 0.1) is 0 Å². The molecule has 0 atom stereocenters. The van der Waals surface area contributed by atoms with E-state index in [9.17, 15) is 0 Å². The standard InChI is InChI=1S/C20H20O/c1-21-20-18(15-14-16-8-5-6-9-16)12-7-13-19(20)17-10-3-2-4-11-17/h2-8,10-13H,9,14-15H2,1H3. The molecular formula is C20H20O. The summed E-state index contributed by atoms with van der Waals surface area (Å²) in [5.41, 5.74) is 5.17. The van der Waals surface area contributed by atoms with Gasteiger partial charge in [-0.1, -0.05) is 72.3 Å². The molecule has 1 nitrogen and oxygen atoms in total. The molecule has 1 aliphatic rings. The number of ether oxygens (including phenoxy) is 1. The molecule has 0 radical (unpaired) electrons. The molecule has 2 aromatic carbocycles. The molecule has 0 bridgehead atoms. The normalized spacial score (nSPS) is 13.3. The Morgan fingerprint density at radius 1 is 0.952 bits per heavy atom. The fraction of sp³-hybridized carbons (Fsp3) is 0.200. The Morgan fingerprint density at radius 3 is 2.52 bits per heavy atom. The third-order valence-corrected chi connectivity index (χ3v) is 3.95. The second-order valence-corrected chi connectivity index (χ2v) is 5.32. The van der Waals surface area contributed by atoms with Crippen LogP contribution in [0.5, 0.6) is 5.75 Å².